The number of urea groups is 1. The summed E-state index contributed by atoms with van der Waals surface area (Å²) in [6.07, 6.45) is 3.29. The second kappa shape index (κ2) is 8.99. The molecule has 4 rings (SSSR count). The third kappa shape index (κ3) is 4.29. The largest absolute Gasteiger partial charge is 0.345 e. The van der Waals surface area contributed by atoms with Crippen LogP contribution in [0.25, 0.3) is 22.2 Å². The molecular formula is C26H29N5O2. The Morgan fingerprint density at radius 3 is 2.36 bits per heavy atom. The van der Waals surface area contributed by atoms with Crippen molar-refractivity contribution < 1.29 is 9.59 Å². The van der Waals surface area contributed by atoms with E-state index in [1.165, 1.54) is 4.90 Å². The van der Waals surface area contributed by atoms with Crippen LogP contribution in [-0.2, 0) is 0 Å². The number of amides is 3. The second-order valence-corrected chi connectivity index (χ2v) is 9.05. The van der Waals surface area contributed by atoms with Crippen LogP contribution in [-0.4, -0.2) is 41.5 Å². The lowest BCUT2D eigenvalue weighted by atomic mass is 9.92. The summed E-state index contributed by atoms with van der Waals surface area (Å²) in [5.41, 5.74) is 4.57. The first-order valence-electron chi connectivity index (χ1n) is 11.3. The van der Waals surface area contributed by atoms with Crippen molar-refractivity contribution in [1.82, 2.24) is 14.8 Å². The molecule has 1 aliphatic rings. The van der Waals surface area contributed by atoms with Crippen molar-refractivity contribution in [3.63, 3.8) is 0 Å². The Labute approximate surface area is 194 Å². The van der Waals surface area contributed by atoms with Crippen LogP contribution in [0.4, 0.5) is 10.5 Å². The van der Waals surface area contributed by atoms with Gasteiger partial charge in [-0.2, -0.15) is 5.26 Å². The Hall–Kier alpha value is -3.79. The highest BCUT2D eigenvalue weighted by atomic mass is 16.2. The molecule has 1 aliphatic carbocycles. The lowest BCUT2D eigenvalue weighted by Gasteiger charge is -2.30. The predicted molar refractivity (Wildman–Crippen MR) is 130 cm³/mol. The molecule has 170 valence electrons. The summed E-state index contributed by atoms with van der Waals surface area (Å²) in [5.74, 6) is -0.0890. The van der Waals surface area contributed by atoms with Gasteiger partial charge in [-0.1, -0.05) is 12.1 Å². The Balaban J connectivity index is 1.80. The molecule has 1 aromatic heterocycles. The van der Waals surface area contributed by atoms with Crippen molar-refractivity contribution >= 4 is 28.5 Å². The molecule has 33 heavy (non-hydrogen) atoms. The molecule has 7 nitrogen and oxygen atoms in total. The van der Waals surface area contributed by atoms with Gasteiger partial charge in [0, 0.05) is 42.8 Å². The van der Waals surface area contributed by atoms with Crippen molar-refractivity contribution in [2.75, 3.05) is 19.4 Å². The highest BCUT2D eigenvalue weighted by Crippen LogP contribution is 2.42. The molecule has 0 saturated heterocycles. The Morgan fingerprint density at radius 1 is 1.12 bits per heavy atom. The van der Waals surface area contributed by atoms with E-state index in [0.29, 0.717) is 22.9 Å². The van der Waals surface area contributed by atoms with Gasteiger partial charge in [-0.15, -0.1) is 0 Å². The molecule has 0 unspecified atom stereocenters. The van der Waals surface area contributed by atoms with Crippen molar-refractivity contribution in [2.45, 2.75) is 45.2 Å². The molecule has 0 atom stereocenters. The van der Waals surface area contributed by atoms with E-state index in [0.717, 1.165) is 41.4 Å². The maximum atomic E-state index is 12.5. The summed E-state index contributed by atoms with van der Waals surface area (Å²) in [6, 6.07) is 15.7. The fourth-order valence-electron chi connectivity index (χ4n) is 4.27. The van der Waals surface area contributed by atoms with Gasteiger partial charge in [-0.25, -0.2) is 4.79 Å². The molecule has 0 bridgehead atoms. The minimum absolute atomic E-state index is 0.0462. The number of benzene rings is 2. The highest BCUT2D eigenvalue weighted by molar-refractivity contribution is 6.02. The van der Waals surface area contributed by atoms with Crippen LogP contribution in [0.3, 0.4) is 0 Å². The first-order chi connectivity index (χ1) is 15.8. The summed E-state index contributed by atoms with van der Waals surface area (Å²) >= 11 is 0. The van der Waals surface area contributed by atoms with Crippen LogP contribution in [0.5, 0.6) is 0 Å². The van der Waals surface area contributed by atoms with Gasteiger partial charge in [-0.3, -0.25) is 4.79 Å². The van der Waals surface area contributed by atoms with E-state index in [4.69, 9.17) is 0 Å². The van der Waals surface area contributed by atoms with E-state index in [1.54, 1.807) is 14.1 Å². The first kappa shape index (κ1) is 22.4. The van der Waals surface area contributed by atoms with Gasteiger partial charge in [-0.05, 0) is 69.0 Å². The topological polar surface area (TPSA) is 90.2 Å². The fourth-order valence-corrected chi connectivity index (χ4v) is 4.27. The van der Waals surface area contributed by atoms with E-state index in [1.807, 2.05) is 56.3 Å². The second-order valence-electron chi connectivity index (χ2n) is 9.05. The van der Waals surface area contributed by atoms with Gasteiger partial charge in [0.2, 0.25) is 0 Å². The van der Waals surface area contributed by atoms with Gasteiger partial charge in [0.1, 0.15) is 6.07 Å². The number of carbonyl (C=O) groups is 2. The fraction of sp³-hybridized carbons (Fsp3) is 0.346. The summed E-state index contributed by atoms with van der Waals surface area (Å²) < 4.78 is 2.26. The zero-order chi connectivity index (χ0) is 23.7. The van der Waals surface area contributed by atoms with Crippen molar-refractivity contribution in [2.24, 2.45) is 0 Å². The van der Waals surface area contributed by atoms with Gasteiger partial charge in [0.25, 0.3) is 5.91 Å². The van der Waals surface area contributed by atoms with Crippen LogP contribution < -0.4 is 10.6 Å². The third-order valence-corrected chi connectivity index (χ3v) is 6.04. The van der Waals surface area contributed by atoms with Gasteiger partial charge >= 0.3 is 6.03 Å². The van der Waals surface area contributed by atoms with E-state index >= 15 is 0 Å². The highest BCUT2D eigenvalue weighted by Gasteiger charge is 2.28. The van der Waals surface area contributed by atoms with Crippen molar-refractivity contribution in [3.8, 4) is 17.3 Å². The summed E-state index contributed by atoms with van der Waals surface area (Å²) in [7, 11) is 3.44. The Morgan fingerprint density at radius 2 is 1.82 bits per heavy atom. The van der Waals surface area contributed by atoms with Crippen molar-refractivity contribution in [1.29, 1.82) is 5.26 Å². The average molecular weight is 444 g/mol. The number of fused-ring (bicyclic) bond motifs is 1. The zero-order valence-electron chi connectivity index (χ0n) is 19.5. The molecular weight excluding hydrogens is 414 g/mol. The molecule has 3 aromatic rings. The van der Waals surface area contributed by atoms with E-state index in [2.05, 4.69) is 21.3 Å². The van der Waals surface area contributed by atoms with Crippen molar-refractivity contribution in [3.05, 3.63) is 53.6 Å². The molecule has 1 heterocycles. The number of hydrogen-bond acceptors (Lipinski definition) is 3. The van der Waals surface area contributed by atoms with E-state index < -0.39 is 0 Å². The standard InChI is InChI=1S/C26H29N5O2/c1-16(2)28-26(33)29-19-11-8-17(9-12-19)24-22(15-27)21-14-18(25(32)30(3)4)10-13-23(21)31(24)20-6-5-7-20/h8-14,16,20H,5-7H2,1-4H3,(H2,28,29,33). The minimum atomic E-state index is -0.253. The number of nitriles is 1. The SMILES string of the molecule is CC(C)NC(=O)Nc1ccc(-c2c(C#N)c3cc(C(=O)N(C)C)ccc3n2C2CCC2)cc1. The number of rotatable bonds is 5. The molecule has 2 aromatic carbocycles. The maximum absolute atomic E-state index is 12.5. The summed E-state index contributed by atoms with van der Waals surface area (Å²) in [5, 5.41) is 16.6. The van der Waals surface area contributed by atoms with E-state index in [9.17, 15) is 14.9 Å². The zero-order valence-corrected chi connectivity index (χ0v) is 19.5. The van der Waals surface area contributed by atoms with Gasteiger partial charge in [0.15, 0.2) is 0 Å². The third-order valence-electron chi connectivity index (χ3n) is 6.04. The van der Waals surface area contributed by atoms with E-state index in [-0.39, 0.29) is 18.0 Å². The van der Waals surface area contributed by atoms with Gasteiger partial charge in [0.05, 0.1) is 16.8 Å². The number of nitrogens with zero attached hydrogens (tertiary/aromatic N) is 3. The molecule has 0 radical (unpaired) electrons. The number of nitrogens with one attached hydrogen (secondary N) is 2. The molecule has 1 fully saturated rings. The average Bonchev–Trinajstić information content (AvgIpc) is 3.05. The monoisotopic (exact) mass is 443 g/mol. The molecule has 0 aliphatic heterocycles. The molecule has 3 amide bonds. The maximum Gasteiger partial charge on any atom is 0.319 e. The normalized spacial score (nSPS) is 13.5. The number of hydrogen-bond donors (Lipinski definition) is 2. The van der Waals surface area contributed by atoms with Crippen LogP contribution >= 0.6 is 0 Å². The van der Waals surface area contributed by atoms with Crippen LogP contribution in [0.15, 0.2) is 42.5 Å². The predicted octanol–water partition coefficient (Wildman–Crippen LogP) is 5.14. The minimum Gasteiger partial charge on any atom is -0.345 e. The Bertz CT molecular complexity index is 1240. The smallest absolute Gasteiger partial charge is 0.319 e. The van der Waals surface area contributed by atoms with Crippen LogP contribution in [0.1, 0.15) is 55.1 Å². The lowest BCUT2D eigenvalue weighted by molar-refractivity contribution is 0.0827. The van der Waals surface area contributed by atoms with Crippen LogP contribution in [0, 0.1) is 11.3 Å². The molecule has 0 spiro atoms. The quantitative estimate of drug-likeness (QED) is 0.572. The molecule has 7 heteroatoms. The lowest BCUT2D eigenvalue weighted by Crippen LogP contribution is -2.34. The number of aromatic nitrogens is 1. The molecule has 1 saturated carbocycles. The first-order valence-corrected chi connectivity index (χ1v) is 11.3. The molecule has 2 N–H and O–H groups in total. The summed E-state index contributed by atoms with van der Waals surface area (Å²) in [6.45, 7) is 3.81. The number of carbonyl (C=O) groups excluding carboxylic acids is 2. The number of anilines is 1. The van der Waals surface area contributed by atoms with Gasteiger partial charge < -0.3 is 20.1 Å². The van der Waals surface area contributed by atoms with Crippen LogP contribution in [0.2, 0.25) is 0 Å². The Kier molecular flexibility index (Phi) is 6.10. The summed E-state index contributed by atoms with van der Waals surface area (Å²) in [4.78, 5) is 26.1.